The van der Waals surface area contributed by atoms with Gasteiger partial charge >= 0.3 is 0 Å². The minimum Gasteiger partial charge on any atom is -0.398 e. The first-order valence-electron chi connectivity index (χ1n) is 21.5. The van der Waals surface area contributed by atoms with Gasteiger partial charge in [-0.15, -0.1) is 0 Å². The number of nitrogens with two attached hydrogens (primary N) is 3. The van der Waals surface area contributed by atoms with E-state index in [9.17, 15) is 9.59 Å². The highest BCUT2D eigenvalue weighted by molar-refractivity contribution is 5.98. The van der Waals surface area contributed by atoms with Gasteiger partial charge < -0.3 is 41.5 Å². The van der Waals surface area contributed by atoms with Crippen molar-refractivity contribution in [3.63, 3.8) is 0 Å². The Kier molecular flexibility index (Phi) is 18.4. The van der Waals surface area contributed by atoms with E-state index in [2.05, 4.69) is 152 Å². The number of aromatic nitrogens is 5. The number of carbonyl (C=O) groups excluding carboxylic acids is 1. The third kappa shape index (κ3) is 12.2. The molecule has 6 rings (SSSR count). The largest absolute Gasteiger partial charge is 0.398 e. The second-order valence-corrected chi connectivity index (χ2v) is 18.0. The van der Waals surface area contributed by atoms with Crippen molar-refractivity contribution in [2.75, 3.05) is 11.5 Å². The third-order valence-corrected chi connectivity index (χ3v) is 10.4. The molecule has 0 aromatic carbocycles. The van der Waals surface area contributed by atoms with Crippen LogP contribution in [0.25, 0.3) is 22.1 Å². The van der Waals surface area contributed by atoms with Crippen molar-refractivity contribution >= 4 is 45.4 Å². The Morgan fingerprint density at radius 1 is 0.629 bits per heavy atom. The summed E-state index contributed by atoms with van der Waals surface area (Å²) in [6.45, 7) is 41.2. The first-order chi connectivity index (χ1) is 28.3. The number of pyridine rings is 1. The van der Waals surface area contributed by atoms with E-state index in [-0.39, 0.29) is 42.7 Å². The van der Waals surface area contributed by atoms with Crippen LogP contribution in [0.4, 0.5) is 11.6 Å². The number of hydrogen-bond donors (Lipinski definition) is 5. The number of hydrogen-bond acceptors (Lipinski definition) is 10. The predicted octanol–water partition coefficient (Wildman–Crippen LogP) is 9.89. The topological polar surface area (TPSA) is 194 Å². The Morgan fingerprint density at radius 3 is 1.58 bits per heavy atom. The van der Waals surface area contributed by atoms with Gasteiger partial charge in [0.25, 0.3) is 11.5 Å². The normalized spacial score (nSPS) is 14.3. The molecule has 62 heavy (non-hydrogen) atoms. The number of aromatic amines is 1. The summed E-state index contributed by atoms with van der Waals surface area (Å²) in [5, 5.41) is 4.54. The van der Waals surface area contributed by atoms with E-state index in [4.69, 9.17) is 17.2 Å². The maximum atomic E-state index is 12.0. The number of aliphatic imine (C=N–C) groups is 1. The first-order valence-corrected chi connectivity index (χ1v) is 21.5. The van der Waals surface area contributed by atoms with Gasteiger partial charge in [-0.05, 0) is 96.3 Å². The molecular weight excluding hydrogens is 777 g/mol. The summed E-state index contributed by atoms with van der Waals surface area (Å²) in [5.41, 5.74) is 24.0. The molecule has 8 N–H and O–H groups in total. The molecule has 0 aliphatic carbocycles. The molecule has 1 amide bonds. The van der Waals surface area contributed by atoms with Crippen LogP contribution in [0, 0.1) is 11.8 Å². The number of nitrogen functional groups attached to an aromatic ring is 2. The molecule has 0 unspecified atom stereocenters. The monoisotopic (exact) mass is 855 g/mol. The fourth-order valence-corrected chi connectivity index (χ4v) is 6.97. The van der Waals surface area contributed by atoms with E-state index in [1.165, 1.54) is 5.56 Å². The molecular formula is C48H78N12O2. The van der Waals surface area contributed by atoms with Gasteiger partial charge in [0.15, 0.2) is 0 Å². The molecule has 0 saturated carbocycles. The molecule has 6 heterocycles. The number of amides is 1. The average Bonchev–Trinajstić information content (AvgIpc) is 3.73. The molecule has 0 fully saturated rings. The van der Waals surface area contributed by atoms with E-state index in [1.54, 1.807) is 6.20 Å². The van der Waals surface area contributed by atoms with E-state index in [0.717, 1.165) is 39.3 Å². The molecule has 0 saturated heterocycles. The lowest BCUT2D eigenvalue weighted by Gasteiger charge is -2.32. The van der Waals surface area contributed by atoms with Crippen molar-refractivity contribution in [3.8, 4) is 0 Å². The molecule has 14 nitrogen and oxygen atoms in total. The summed E-state index contributed by atoms with van der Waals surface area (Å²) >= 11 is 0. The second kappa shape index (κ2) is 21.8. The summed E-state index contributed by atoms with van der Waals surface area (Å²) < 4.78 is 4.19. The van der Waals surface area contributed by atoms with Crippen LogP contribution in [0.15, 0.2) is 82.8 Å². The SMILES string of the molecule is C.C=C1N=C(N)C(C(C)C)=CN1C(C)C.C=C1NC(=O)C(C(C)C)=CN1C(C)C.CC(C)c1cn(C(C)C)c2nc(N)[nH]c(=O)c12.CC(C)c1cn(C(C)C)c2nccc(N)c12. The average molecular weight is 855 g/mol. The van der Waals surface area contributed by atoms with E-state index < -0.39 is 0 Å². The summed E-state index contributed by atoms with van der Waals surface area (Å²) in [7, 11) is 0. The van der Waals surface area contributed by atoms with Crippen LogP contribution in [-0.4, -0.2) is 57.7 Å². The lowest BCUT2D eigenvalue weighted by Crippen LogP contribution is -2.41. The Balaban J connectivity index is 0.000000284. The molecule has 14 heteroatoms. The number of nitrogens with one attached hydrogen (secondary N) is 2. The van der Waals surface area contributed by atoms with Crippen molar-refractivity contribution in [2.24, 2.45) is 22.6 Å². The van der Waals surface area contributed by atoms with Crippen molar-refractivity contribution < 1.29 is 4.79 Å². The summed E-state index contributed by atoms with van der Waals surface area (Å²) in [6, 6.07) is 3.21. The number of amidine groups is 1. The molecule has 0 bridgehead atoms. The number of carbonyl (C=O) groups is 1. The molecule has 342 valence electrons. The fourth-order valence-electron chi connectivity index (χ4n) is 6.97. The number of nitrogens with zero attached hydrogens (tertiary/aromatic N) is 7. The van der Waals surface area contributed by atoms with Crippen LogP contribution < -0.4 is 28.1 Å². The highest BCUT2D eigenvalue weighted by Crippen LogP contribution is 2.32. The van der Waals surface area contributed by atoms with Crippen LogP contribution in [-0.2, 0) is 4.79 Å². The Labute approximate surface area is 371 Å². The van der Waals surface area contributed by atoms with Crippen molar-refractivity contribution in [1.82, 2.24) is 39.2 Å². The first kappa shape index (κ1) is 52.3. The zero-order chi connectivity index (χ0) is 46.4. The number of rotatable bonds is 8. The minimum absolute atomic E-state index is 0. The van der Waals surface area contributed by atoms with Gasteiger partial charge in [0.2, 0.25) is 5.95 Å². The van der Waals surface area contributed by atoms with Crippen molar-refractivity contribution in [1.29, 1.82) is 0 Å². The van der Waals surface area contributed by atoms with E-state index in [1.807, 2.05) is 46.7 Å². The zero-order valence-electron chi connectivity index (χ0n) is 39.7. The lowest BCUT2D eigenvalue weighted by molar-refractivity contribution is -0.118. The molecule has 2 aliphatic heterocycles. The quantitative estimate of drug-likeness (QED) is 0.115. The number of fused-ring (bicyclic) bond motifs is 2. The van der Waals surface area contributed by atoms with Gasteiger partial charge in [-0.1, -0.05) is 76.0 Å². The van der Waals surface area contributed by atoms with E-state index >= 15 is 0 Å². The highest BCUT2D eigenvalue weighted by atomic mass is 16.2. The summed E-state index contributed by atoms with van der Waals surface area (Å²) in [4.78, 5) is 43.0. The van der Waals surface area contributed by atoms with Gasteiger partial charge in [0, 0.05) is 77.4 Å². The van der Waals surface area contributed by atoms with Crippen LogP contribution in [0.2, 0.25) is 0 Å². The summed E-state index contributed by atoms with van der Waals surface area (Å²) in [5.74, 6) is 3.51. The van der Waals surface area contributed by atoms with Gasteiger partial charge in [0.1, 0.15) is 28.8 Å². The van der Waals surface area contributed by atoms with Crippen LogP contribution in [0.3, 0.4) is 0 Å². The summed E-state index contributed by atoms with van der Waals surface area (Å²) in [6.07, 6.45) is 9.92. The van der Waals surface area contributed by atoms with Crippen molar-refractivity contribution in [3.05, 3.63) is 94.5 Å². The minimum atomic E-state index is -0.157. The Morgan fingerprint density at radius 2 is 1.11 bits per heavy atom. The second-order valence-electron chi connectivity index (χ2n) is 18.0. The van der Waals surface area contributed by atoms with Gasteiger partial charge in [-0.25, -0.2) is 9.98 Å². The van der Waals surface area contributed by atoms with Gasteiger partial charge in [-0.3, -0.25) is 14.6 Å². The molecule has 2 aliphatic rings. The molecule has 0 atom stereocenters. The molecule has 0 spiro atoms. The lowest BCUT2D eigenvalue weighted by atomic mass is 10.0. The number of anilines is 2. The number of H-pyrrole nitrogens is 1. The van der Waals surface area contributed by atoms with Gasteiger partial charge in [0.05, 0.1) is 5.39 Å². The molecule has 4 aromatic rings. The zero-order valence-corrected chi connectivity index (χ0v) is 39.7. The standard InChI is InChI=1S/C13H19N3.C12H18N4O.C11H19N3.C11H18N2O.CH4/c1-8(2)10-7-16(9(3)4)13-12(10)11(14)5-6-15-13;1-6(2)8-5-16(7(3)4)10-9(8)11(17)15-12(13)14-10;1-7(2)10-6-14(8(3)4)9(5)13-11(10)12;1-7(2)10-6-13(8(3)4)9(5)12-11(10)14;/h5-9H,1-4H3,(H2,14,15);5-7H,1-4H3,(H3,13,14,15,17);6-8H,5H2,1-4H3,(H2,12,13);6-8H,5H2,1-4H3,(H,12,14);1H4. The highest BCUT2D eigenvalue weighted by Gasteiger charge is 2.24. The van der Waals surface area contributed by atoms with Crippen LogP contribution in [0.5, 0.6) is 0 Å². The Hall–Kier alpha value is -5.79. The van der Waals surface area contributed by atoms with Crippen LogP contribution >= 0.6 is 0 Å². The molecule has 4 aromatic heterocycles. The third-order valence-electron chi connectivity index (χ3n) is 10.4. The fraction of sp³-hybridized carbons (Fsp3) is 0.521. The van der Waals surface area contributed by atoms with Gasteiger partial charge in [-0.2, -0.15) is 4.98 Å². The van der Waals surface area contributed by atoms with Crippen LogP contribution in [0.1, 0.15) is 153 Å². The van der Waals surface area contributed by atoms with E-state index in [0.29, 0.717) is 52.7 Å². The smallest absolute Gasteiger partial charge is 0.262 e. The Bertz CT molecular complexity index is 2330. The van der Waals surface area contributed by atoms with Crippen molar-refractivity contribution in [2.45, 2.75) is 154 Å². The molecule has 0 radical (unpaired) electrons. The maximum Gasteiger partial charge on any atom is 0.262 e. The predicted molar refractivity (Wildman–Crippen MR) is 262 cm³/mol. The maximum absolute atomic E-state index is 12.0.